The van der Waals surface area contributed by atoms with Crippen LogP contribution in [0, 0.1) is 0 Å². The molecule has 2 aliphatic rings. The Labute approximate surface area is 167 Å². The Morgan fingerprint density at radius 2 is 1.14 bits per heavy atom. The molecule has 8 heteroatoms. The highest BCUT2D eigenvalue weighted by molar-refractivity contribution is 5.03. The van der Waals surface area contributed by atoms with Crippen LogP contribution in [0.2, 0.25) is 0 Å². The first kappa shape index (κ1) is 19.6. The van der Waals surface area contributed by atoms with Crippen molar-refractivity contribution in [3.63, 3.8) is 0 Å². The minimum Gasteiger partial charge on any atom is -0.309 e. The molecule has 8 nitrogen and oxygen atoms in total. The fraction of sp³-hybridized carbons (Fsp3) is 0.700. The molecule has 2 aromatic rings. The lowest BCUT2D eigenvalue weighted by molar-refractivity contribution is 0.156. The second-order valence-corrected chi connectivity index (χ2v) is 8.73. The van der Waals surface area contributed by atoms with Crippen LogP contribution in [0.25, 0.3) is 0 Å². The molecule has 4 rings (SSSR count). The Bertz CT molecular complexity index is 689. The SMILES string of the molecule is CC1CN(Cc2nnc(CN3CC(C)NC(C)C3)n2-n2cccc2)CC(C)N1. The molecule has 2 aliphatic heterocycles. The van der Waals surface area contributed by atoms with Gasteiger partial charge in [-0.3, -0.25) is 14.5 Å². The summed E-state index contributed by atoms with van der Waals surface area (Å²) in [5, 5.41) is 16.4. The molecular formula is C20H34N8. The molecule has 154 valence electrons. The fourth-order valence-electron chi connectivity index (χ4n) is 4.81. The normalized spacial score (nSPS) is 30.0. The van der Waals surface area contributed by atoms with E-state index in [1.165, 1.54) is 0 Å². The molecule has 0 aromatic carbocycles. The molecule has 28 heavy (non-hydrogen) atoms. The molecule has 0 aliphatic carbocycles. The molecule has 2 aromatic heterocycles. The van der Waals surface area contributed by atoms with Gasteiger partial charge in [-0.1, -0.05) is 0 Å². The Balaban J connectivity index is 1.56. The molecule has 0 radical (unpaired) electrons. The van der Waals surface area contributed by atoms with E-state index in [1.807, 2.05) is 0 Å². The lowest BCUT2D eigenvalue weighted by Crippen LogP contribution is -2.54. The number of nitrogens with zero attached hydrogens (tertiary/aromatic N) is 6. The largest absolute Gasteiger partial charge is 0.309 e. The van der Waals surface area contributed by atoms with E-state index in [1.54, 1.807) is 0 Å². The molecule has 0 saturated carbocycles. The lowest BCUT2D eigenvalue weighted by atomic mass is 10.1. The zero-order chi connectivity index (χ0) is 19.7. The van der Waals surface area contributed by atoms with Crippen LogP contribution < -0.4 is 10.6 Å². The van der Waals surface area contributed by atoms with Gasteiger partial charge in [0.25, 0.3) is 0 Å². The molecule has 4 unspecified atom stereocenters. The zero-order valence-electron chi connectivity index (χ0n) is 17.5. The minimum absolute atomic E-state index is 0.495. The molecule has 2 N–H and O–H groups in total. The molecule has 4 atom stereocenters. The van der Waals surface area contributed by atoms with Gasteiger partial charge in [0.05, 0.1) is 13.1 Å². The lowest BCUT2D eigenvalue weighted by Gasteiger charge is -2.36. The summed E-state index contributed by atoms with van der Waals surface area (Å²) < 4.78 is 4.30. The molecule has 0 spiro atoms. The summed E-state index contributed by atoms with van der Waals surface area (Å²) in [5.74, 6) is 2.01. The van der Waals surface area contributed by atoms with Gasteiger partial charge in [0, 0.05) is 62.7 Å². The smallest absolute Gasteiger partial charge is 0.167 e. The molecule has 0 amide bonds. The van der Waals surface area contributed by atoms with Gasteiger partial charge in [-0.25, -0.2) is 4.68 Å². The molecular weight excluding hydrogens is 352 g/mol. The van der Waals surface area contributed by atoms with Crippen LogP contribution in [0.15, 0.2) is 24.5 Å². The predicted molar refractivity (Wildman–Crippen MR) is 110 cm³/mol. The number of piperazine rings is 2. The van der Waals surface area contributed by atoms with Crippen LogP contribution >= 0.6 is 0 Å². The van der Waals surface area contributed by atoms with Gasteiger partial charge in [-0.15, -0.1) is 10.2 Å². The predicted octanol–water partition coefficient (Wildman–Crippen LogP) is 0.755. The highest BCUT2D eigenvalue weighted by atomic mass is 15.5. The van der Waals surface area contributed by atoms with E-state index in [-0.39, 0.29) is 0 Å². The summed E-state index contributed by atoms with van der Waals surface area (Å²) in [6.45, 7) is 14.8. The first-order chi connectivity index (χ1) is 13.5. The number of hydrogen-bond acceptors (Lipinski definition) is 6. The maximum absolute atomic E-state index is 4.61. The molecule has 2 fully saturated rings. The summed E-state index contributed by atoms with van der Waals surface area (Å²) in [6.07, 6.45) is 4.14. The van der Waals surface area contributed by atoms with Crippen LogP contribution in [-0.4, -0.2) is 79.7 Å². The van der Waals surface area contributed by atoms with E-state index >= 15 is 0 Å². The maximum atomic E-state index is 4.61. The Kier molecular flexibility index (Phi) is 5.82. The van der Waals surface area contributed by atoms with Crippen molar-refractivity contribution in [2.75, 3.05) is 26.2 Å². The third-order valence-corrected chi connectivity index (χ3v) is 5.59. The minimum atomic E-state index is 0.495. The Hall–Kier alpha value is -1.74. The van der Waals surface area contributed by atoms with Crippen LogP contribution in [0.3, 0.4) is 0 Å². The summed E-state index contributed by atoms with van der Waals surface area (Å²) in [7, 11) is 0. The monoisotopic (exact) mass is 386 g/mol. The third-order valence-electron chi connectivity index (χ3n) is 5.59. The quantitative estimate of drug-likeness (QED) is 0.791. The third kappa shape index (κ3) is 4.46. The van der Waals surface area contributed by atoms with E-state index in [2.05, 4.69) is 92.2 Å². The first-order valence-corrected chi connectivity index (χ1v) is 10.5. The van der Waals surface area contributed by atoms with E-state index < -0.39 is 0 Å². The molecule has 2 saturated heterocycles. The van der Waals surface area contributed by atoms with Gasteiger partial charge < -0.3 is 10.6 Å². The van der Waals surface area contributed by atoms with Crippen molar-refractivity contribution in [1.29, 1.82) is 0 Å². The van der Waals surface area contributed by atoms with Gasteiger partial charge in [0.2, 0.25) is 0 Å². The van der Waals surface area contributed by atoms with Gasteiger partial charge in [-0.2, -0.15) is 0 Å². The average Bonchev–Trinajstić information content (AvgIpc) is 3.23. The molecule has 0 bridgehead atoms. The second-order valence-electron chi connectivity index (χ2n) is 8.73. The summed E-state index contributed by atoms with van der Waals surface area (Å²) in [4.78, 5) is 4.96. The van der Waals surface area contributed by atoms with Gasteiger partial charge in [-0.05, 0) is 39.8 Å². The van der Waals surface area contributed by atoms with Crippen LogP contribution in [0.1, 0.15) is 39.3 Å². The van der Waals surface area contributed by atoms with Crippen molar-refractivity contribution in [3.8, 4) is 0 Å². The van der Waals surface area contributed by atoms with E-state index in [9.17, 15) is 0 Å². The number of nitrogens with one attached hydrogen (secondary N) is 2. The van der Waals surface area contributed by atoms with Crippen LogP contribution in [-0.2, 0) is 13.1 Å². The Morgan fingerprint density at radius 3 is 1.54 bits per heavy atom. The first-order valence-electron chi connectivity index (χ1n) is 10.5. The van der Waals surface area contributed by atoms with Crippen molar-refractivity contribution >= 4 is 0 Å². The zero-order valence-corrected chi connectivity index (χ0v) is 17.5. The van der Waals surface area contributed by atoms with Crippen molar-refractivity contribution < 1.29 is 0 Å². The van der Waals surface area contributed by atoms with Crippen molar-refractivity contribution in [2.24, 2.45) is 0 Å². The fourth-order valence-corrected chi connectivity index (χ4v) is 4.81. The number of rotatable bonds is 5. The second kappa shape index (κ2) is 8.32. The standard InChI is InChI=1S/C20H34N8/c1-15-9-25(10-16(2)21-15)13-19-23-24-20(28(19)27-7-5-6-8-27)14-26-11-17(3)22-18(4)12-26/h5-8,15-18,21-22H,9-14H2,1-4H3. The molecule has 4 heterocycles. The summed E-state index contributed by atoms with van der Waals surface area (Å²) in [5.41, 5.74) is 0. The summed E-state index contributed by atoms with van der Waals surface area (Å²) >= 11 is 0. The highest BCUT2D eigenvalue weighted by Gasteiger charge is 2.26. The van der Waals surface area contributed by atoms with Crippen molar-refractivity contribution in [2.45, 2.75) is 65.0 Å². The van der Waals surface area contributed by atoms with E-state index in [4.69, 9.17) is 0 Å². The Morgan fingerprint density at radius 1 is 0.750 bits per heavy atom. The van der Waals surface area contributed by atoms with Crippen molar-refractivity contribution in [1.82, 2.24) is 40.0 Å². The van der Waals surface area contributed by atoms with E-state index in [0.29, 0.717) is 24.2 Å². The van der Waals surface area contributed by atoms with Crippen LogP contribution in [0.4, 0.5) is 0 Å². The van der Waals surface area contributed by atoms with Crippen molar-refractivity contribution in [3.05, 3.63) is 36.2 Å². The topological polar surface area (TPSA) is 66.2 Å². The number of aromatic nitrogens is 4. The average molecular weight is 387 g/mol. The van der Waals surface area contributed by atoms with Gasteiger partial charge in [0.15, 0.2) is 11.6 Å². The summed E-state index contributed by atoms with van der Waals surface area (Å²) in [6, 6.07) is 6.09. The van der Waals surface area contributed by atoms with Crippen LogP contribution in [0.5, 0.6) is 0 Å². The van der Waals surface area contributed by atoms with E-state index in [0.717, 1.165) is 50.9 Å². The van der Waals surface area contributed by atoms with Gasteiger partial charge in [0.1, 0.15) is 0 Å². The van der Waals surface area contributed by atoms with Gasteiger partial charge >= 0.3 is 0 Å². The maximum Gasteiger partial charge on any atom is 0.167 e. The number of hydrogen-bond donors (Lipinski definition) is 2. The highest BCUT2D eigenvalue weighted by Crippen LogP contribution is 2.14.